The molecule has 0 saturated carbocycles. The maximum absolute atomic E-state index is 16.9. The number of carbonyl (C=O) groups is 1. The molecule has 1 unspecified atom stereocenters. The summed E-state index contributed by atoms with van der Waals surface area (Å²) in [6, 6.07) is 9.42. The second kappa shape index (κ2) is 14.0. The predicted octanol–water partition coefficient (Wildman–Crippen LogP) is 5.90. The number of aromatic nitrogens is 5. The van der Waals surface area contributed by atoms with Gasteiger partial charge in [0, 0.05) is 74.8 Å². The van der Waals surface area contributed by atoms with Crippen LogP contribution in [-0.2, 0) is 4.79 Å². The lowest BCUT2D eigenvalue weighted by molar-refractivity contribution is -0.128. The van der Waals surface area contributed by atoms with E-state index < -0.39 is 35.1 Å². The van der Waals surface area contributed by atoms with E-state index in [4.69, 9.17) is 16.1 Å². The van der Waals surface area contributed by atoms with E-state index in [-0.39, 0.29) is 65.8 Å². The molecule has 14 heteroatoms. The molecule has 0 aliphatic carbocycles. The van der Waals surface area contributed by atoms with E-state index in [0.717, 1.165) is 25.5 Å². The molecule has 0 N–H and O–H groups in total. The van der Waals surface area contributed by atoms with Gasteiger partial charge in [-0.15, -0.1) is 6.42 Å². The molecular weight excluding hydrogens is 688 g/mol. The first-order valence-electron chi connectivity index (χ1n) is 17.5. The highest BCUT2D eigenvalue weighted by molar-refractivity contribution is 6.02. The van der Waals surface area contributed by atoms with Crippen molar-refractivity contribution in [3.05, 3.63) is 83.8 Å². The van der Waals surface area contributed by atoms with Crippen molar-refractivity contribution in [1.82, 2.24) is 34.7 Å². The summed E-state index contributed by atoms with van der Waals surface area (Å²) in [6.07, 6.45) is 12.5. The summed E-state index contributed by atoms with van der Waals surface area (Å²) in [7, 11) is 0. The van der Waals surface area contributed by atoms with Crippen LogP contribution in [0.3, 0.4) is 0 Å². The molecule has 270 valence electrons. The zero-order chi connectivity index (χ0) is 36.7. The lowest BCUT2D eigenvalue weighted by atomic mass is 9.95. The number of carbonyl (C=O) groups excluding carboxylic acids is 1. The van der Waals surface area contributed by atoms with E-state index in [0.29, 0.717) is 42.5 Å². The van der Waals surface area contributed by atoms with E-state index in [1.54, 1.807) is 30.3 Å². The first-order valence-corrected chi connectivity index (χ1v) is 17.5. The summed E-state index contributed by atoms with van der Waals surface area (Å²) >= 11 is 0. The van der Waals surface area contributed by atoms with Gasteiger partial charge in [-0.25, -0.2) is 27.5 Å². The van der Waals surface area contributed by atoms with Crippen molar-refractivity contribution < 1.29 is 27.1 Å². The minimum Gasteiger partial charge on any atom is -0.461 e. The van der Waals surface area contributed by atoms with Crippen LogP contribution in [0.4, 0.5) is 23.4 Å². The van der Waals surface area contributed by atoms with Crippen molar-refractivity contribution >= 4 is 39.5 Å². The van der Waals surface area contributed by atoms with E-state index in [1.807, 2.05) is 4.90 Å². The summed E-state index contributed by atoms with van der Waals surface area (Å²) in [5.74, 6) is -0.404. The van der Waals surface area contributed by atoms with E-state index in [1.165, 1.54) is 29.6 Å². The fourth-order valence-corrected chi connectivity index (χ4v) is 7.90. The number of alkyl halides is 1. The third kappa shape index (κ3) is 6.39. The maximum Gasteiger partial charge on any atom is 0.319 e. The molecular formula is C39H34F4N8O2. The Morgan fingerprint density at radius 1 is 1.02 bits per heavy atom. The summed E-state index contributed by atoms with van der Waals surface area (Å²) in [4.78, 5) is 40.2. The molecule has 3 aromatic heterocycles. The summed E-state index contributed by atoms with van der Waals surface area (Å²) in [6.45, 7) is 2.22. The van der Waals surface area contributed by atoms with Crippen LogP contribution < -0.4 is 9.64 Å². The van der Waals surface area contributed by atoms with Crippen LogP contribution in [0.5, 0.6) is 6.01 Å². The third-order valence-electron chi connectivity index (χ3n) is 10.4. The van der Waals surface area contributed by atoms with E-state index >= 15 is 8.78 Å². The van der Waals surface area contributed by atoms with Crippen LogP contribution in [0.15, 0.2) is 60.8 Å². The number of hydrogen-bond donors (Lipinski definition) is 0. The molecule has 10 nitrogen and oxygen atoms in total. The van der Waals surface area contributed by atoms with Crippen molar-refractivity contribution in [3.8, 4) is 29.6 Å². The van der Waals surface area contributed by atoms with Gasteiger partial charge in [0.1, 0.15) is 35.6 Å². The quantitative estimate of drug-likeness (QED) is 0.116. The molecule has 0 radical (unpaired) electrons. The van der Waals surface area contributed by atoms with Crippen molar-refractivity contribution in [2.45, 2.75) is 37.4 Å². The number of fused-ring (bicyclic) bond motifs is 3. The lowest BCUT2D eigenvalue weighted by Gasteiger charge is -2.31. The van der Waals surface area contributed by atoms with Crippen molar-refractivity contribution in [1.29, 1.82) is 0 Å². The Morgan fingerprint density at radius 3 is 2.70 bits per heavy atom. The fourth-order valence-electron chi connectivity index (χ4n) is 7.90. The minimum atomic E-state index is -0.990. The monoisotopic (exact) mass is 722 g/mol. The summed E-state index contributed by atoms with van der Waals surface area (Å²) < 4.78 is 67.6. The van der Waals surface area contributed by atoms with Gasteiger partial charge in [-0.3, -0.25) is 14.7 Å². The molecule has 0 bridgehead atoms. The van der Waals surface area contributed by atoms with Gasteiger partial charge in [-0.2, -0.15) is 9.97 Å². The average molecular weight is 723 g/mol. The number of nitrogens with zero attached hydrogens (tertiary/aromatic N) is 8. The topological polar surface area (TPSA) is 100 Å². The van der Waals surface area contributed by atoms with Gasteiger partial charge >= 0.3 is 6.01 Å². The first kappa shape index (κ1) is 34.4. The SMILES string of the molecule is C#Cc1c(F)ccc2cccc(-c3ncc4c(N5CCCN(C(=O)/C(F)=C/c6ncccn6)CC5)nc(OC[C@@]56CCCN5CC(F)C6)nc4c3F)c12. The smallest absolute Gasteiger partial charge is 0.319 e. The molecule has 2 atom stereocenters. The van der Waals surface area contributed by atoms with Crippen LogP contribution in [0, 0.1) is 24.0 Å². The highest BCUT2D eigenvalue weighted by Gasteiger charge is 2.49. The number of terminal acetylenes is 1. The Labute approximate surface area is 302 Å². The van der Waals surface area contributed by atoms with E-state index in [9.17, 15) is 13.6 Å². The predicted molar refractivity (Wildman–Crippen MR) is 191 cm³/mol. The number of hydrogen-bond acceptors (Lipinski definition) is 9. The van der Waals surface area contributed by atoms with Gasteiger partial charge in [0.2, 0.25) is 0 Å². The number of pyridine rings is 1. The molecule has 5 aromatic rings. The highest BCUT2D eigenvalue weighted by atomic mass is 19.1. The van der Waals surface area contributed by atoms with E-state index in [2.05, 4.69) is 30.8 Å². The first-order chi connectivity index (χ1) is 25.7. The van der Waals surface area contributed by atoms with Crippen molar-refractivity contribution in [3.63, 3.8) is 0 Å². The molecule has 8 rings (SSSR count). The van der Waals surface area contributed by atoms with Crippen LogP contribution >= 0.6 is 0 Å². The molecule has 6 heterocycles. The zero-order valence-corrected chi connectivity index (χ0v) is 28.6. The minimum absolute atomic E-state index is 0.0128. The van der Waals surface area contributed by atoms with Crippen LogP contribution in [0.1, 0.15) is 37.1 Å². The maximum atomic E-state index is 16.9. The standard InChI is InChI=1S/C39H34F4N8O2/c1-2-26-29(41)10-9-24-7-3-8-27(32(24)26)34-33(43)35-28(21-46-34)36(48-38(47-35)53-23-39-11-4-16-51(39)22-25(40)20-39)49-14-6-15-50(18-17-49)37(52)30(42)19-31-44-12-5-13-45-31/h1,3,5,7-10,12-13,19,21,25H,4,6,11,14-18,20,22-23H2/b30-19-/t25?,39-/m0/s1. The molecule has 3 aliphatic heterocycles. The van der Waals surface area contributed by atoms with Gasteiger partial charge in [0.25, 0.3) is 5.91 Å². The number of anilines is 1. The van der Waals surface area contributed by atoms with Crippen LogP contribution in [-0.4, -0.2) is 98.2 Å². The fraction of sp³-hybridized carbons (Fsp3) is 0.333. The Balaban J connectivity index is 1.17. The Morgan fingerprint density at radius 2 is 1.87 bits per heavy atom. The Bertz CT molecular complexity index is 2300. The normalized spacial score (nSPS) is 20.8. The zero-order valence-electron chi connectivity index (χ0n) is 28.6. The van der Waals surface area contributed by atoms with Gasteiger partial charge < -0.3 is 14.5 Å². The summed E-state index contributed by atoms with van der Waals surface area (Å²) in [5, 5.41) is 1.23. The molecule has 53 heavy (non-hydrogen) atoms. The van der Waals surface area contributed by atoms with Gasteiger partial charge in [-0.05, 0) is 43.3 Å². The summed E-state index contributed by atoms with van der Waals surface area (Å²) in [5.41, 5.74) is -0.409. The number of rotatable bonds is 7. The van der Waals surface area contributed by atoms with Crippen LogP contribution in [0.2, 0.25) is 0 Å². The van der Waals surface area contributed by atoms with Gasteiger partial charge in [0.05, 0.1) is 16.5 Å². The number of benzene rings is 2. The van der Waals surface area contributed by atoms with Crippen molar-refractivity contribution in [2.24, 2.45) is 0 Å². The molecule has 3 saturated heterocycles. The lowest BCUT2D eigenvalue weighted by Crippen LogP contribution is -2.43. The third-order valence-corrected chi connectivity index (χ3v) is 10.4. The Hall–Kier alpha value is -5.68. The second-order valence-electron chi connectivity index (χ2n) is 13.6. The molecule has 1 amide bonds. The van der Waals surface area contributed by atoms with Crippen LogP contribution in [0.25, 0.3) is 39.0 Å². The molecule has 2 aromatic carbocycles. The average Bonchev–Trinajstić information content (AvgIpc) is 3.58. The second-order valence-corrected chi connectivity index (χ2v) is 13.6. The molecule has 3 fully saturated rings. The van der Waals surface area contributed by atoms with Crippen molar-refractivity contribution in [2.75, 3.05) is 50.8 Å². The van der Waals surface area contributed by atoms with Gasteiger partial charge in [0.15, 0.2) is 17.5 Å². The largest absolute Gasteiger partial charge is 0.461 e. The molecule has 0 spiro atoms. The Kier molecular flexibility index (Phi) is 9.11. The number of ether oxygens (including phenoxy) is 1. The van der Waals surface area contributed by atoms with Gasteiger partial charge in [-0.1, -0.05) is 30.2 Å². The highest BCUT2D eigenvalue weighted by Crippen LogP contribution is 2.41. The number of amides is 1. The number of halogens is 4. The molecule has 3 aliphatic rings.